The highest BCUT2D eigenvalue weighted by atomic mass is 35.5. The first kappa shape index (κ1) is 14.5. The predicted molar refractivity (Wildman–Crippen MR) is 79.9 cm³/mol. The Bertz CT molecular complexity index is 606. The van der Waals surface area contributed by atoms with Gasteiger partial charge in [-0.05, 0) is 30.7 Å². The summed E-state index contributed by atoms with van der Waals surface area (Å²) in [6.07, 6.45) is 1.83. The molecule has 112 valence electrons. The Kier molecular flexibility index (Phi) is 3.97. The third-order valence-corrected chi connectivity index (χ3v) is 3.93. The standard InChI is InChI=1S/C15H18ClN3O2/c1-2-7-15(20)9-19(10-15)8-13-17-14(18-21-13)11-3-5-12(16)6-4-11/h3-6,20H,2,7-10H2,1H3. The average molecular weight is 308 g/mol. The first-order valence-electron chi connectivity index (χ1n) is 7.11. The lowest BCUT2D eigenvalue weighted by Crippen LogP contribution is -2.60. The third-order valence-electron chi connectivity index (χ3n) is 3.68. The monoisotopic (exact) mass is 307 g/mol. The van der Waals surface area contributed by atoms with Gasteiger partial charge in [0.2, 0.25) is 11.7 Å². The number of likely N-dealkylation sites (tertiary alicyclic amines) is 1. The van der Waals surface area contributed by atoms with E-state index in [0.29, 0.717) is 36.4 Å². The van der Waals surface area contributed by atoms with Crippen LogP contribution in [0.5, 0.6) is 0 Å². The van der Waals surface area contributed by atoms with Crippen LogP contribution in [-0.4, -0.2) is 38.8 Å². The molecular weight excluding hydrogens is 290 g/mol. The Morgan fingerprint density at radius 2 is 2.05 bits per heavy atom. The van der Waals surface area contributed by atoms with Gasteiger partial charge in [0.1, 0.15) is 0 Å². The predicted octanol–water partition coefficient (Wildman–Crippen LogP) is 2.74. The number of benzene rings is 1. The molecular formula is C15H18ClN3O2. The molecule has 0 spiro atoms. The molecule has 0 atom stereocenters. The SMILES string of the molecule is CCCC1(O)CN(Cc2nc(-c3ccc(Cl)cc3)no2)C1. The summed E-state index contributed by atoms with van der Waals surface area (Å²) in [6.45, 7) is 3.99. The van der Waals surface area contributed by atoms with Crippen molar-refractivity contribution in [1.29, 1.82) is 0 Å². The molecule has 5 nitrogen and oxygen atoms in total. The van der Waals surface area contributed by atoms with E-state index in [0.717, 1.165) is 18.4 Å². The molecule has 0 amide bonds. The van der Waals surface area contributed by atoms with Gasteiger partial charge in [0.25, 0.3) is 0 Å². The summed E-state index contributed by atoms with van der Waals surface area (Å²) in [4.78, 5) is 6.49. The number of halogens is 1. The molecule has 0 unspecified atom stereocenters. The summed E-state index contributed by atoms with van der Waals surface area (Å²) in [6, 6.07) is 7.32. The Labute approximate surface area is 128 Å². The van der Waals surface area contributed by atoms with Crippen LogP contribution in [0.1, 0.15) is 25.7 Å². The van der Waals surface area contributed by atoms with E-state index in [2.05, 4.69) is 22.0 Å². The number of nitrogens with zero attached hydrogens (tertiary/aromatic N) is 3. The molecule has 1 aliphatic heterocycles. The van der Waals surface area contributed by atoms with E-state index in [1.54, 1.807) is 12.1 Å². The normalized spacial score (nSPS) is 17.7. The highest BCUT2D eigenvalue weighted by Gasteiger charge is 2.40. The molecule has 0 bridgehead atoms. The Morgan fingerprint density at radius 1 is 1.33 bits per heavy atom. The number of aliphatic hydroxyl groups is 1. The molecule has 6 heteroatoms. The van der Waals surface area contributed by atoms with Crippen molar-refractivity contribution in [3.63, 3.8) is 0 Å². The molecule has 0 saturated carbocycles. The van der Waals surface area contributed by atoms with Crippen LogP contribution < -0.4 is 0 Å². The van der Waals surface area contributed by atoms with Crippen LogP contribution in [0.4, 0.5) is 0 Å². The fourth-order valence-corrected chi connectivity index (χ4v) is 2.87. The summed E-state index contributed by atoms with van der Waals surface area (Å²) in [5.74, 6) is 1.13. The molecule has 2 heterocycles. The van der Waals surface area contributed by atoms with E-state index in [-0.39, 0.29) is 0 Å². The summed E-state index contributed by atoms with van der Waals surface area (Å²) < 4.78 is 5.27. The van der Waals surface area contributed by atoms with Crippen molar-refractivity contribution in [2.45, 2.75) is 31.9 Å². The van der Waals surface area contributed by atoms with E-state index in [1.165, 1.54) is 0 Å². The first-order chi connectivity index (χ1) is 10.1. The summed E-state index contributed by atoms with van der Waals surface area (Å²) >= 11 is 5.86. The fraction of sp³-hybridized carbons (Fsp3) is 0.467. The van der Waals surface area contributed by atoms with Gasteiger partial charge >= 0.3 is 0 Å². The third kappa shape index (κ3) is 3.26. The van der Waals surface area contributed by atoms with Gasteiger partial charge in [0, 0.05) is 23.7 Å². The summed E-state index contributed by atoms with van der Waals surface area (Å²) in [5, 5.41) is 14.8. The maximum atomic E-state index is 10.1. The molecule has 3 rings (SSSR count). The molecule has 1 aromatic carbocycles. The van der Waals surface area contributed by atoms with Gasteiger partial charge < -0.3 is 9.63 Å². The van der Waals surface area contributed by atoms with Crippen LogP contribution in [0, 0.1) is 0 Å². The van der Waals surface area contributed by atoms with E-state index in [1.807, 2.05) is 12.1 Å². The minimum absolute atomic E-state index is 0.534. The van der Waals surface area contributed by atoms with Gasteiger partial charge in [0.15, 0.2) is 0 Å². The molecule has 21 heavy (non-hydrogen) atoms. The Morgan fingerprint density at radius 3 is 2.71 bits per heavy atom. The van der Waals surface area contributed by atoms with Crippen LogP contribution in [0.15, 0.2) is 28.8 Å². The first-order valence-corrected chi connectivity index (χ1v) is 7.49. The van der Waals surface area contributed by atoms with E-state index in [9.17, 15) is 5.11 Å². The number of hydrogen-bond acceptors (Lipinski definition) is 5. The molecule has 1 fully saturated rings. The van der Waals surface area contributed by atoms with Gasteiger partial charge in [0.05, 0.1) is 12.1 Å². The van der Waals surface area contributed by atoms with Crippen molar-refractivity contribution in [3.05, 3.63) is 35.2 Å². The number of hydrogen-bond donors (Lipinski definition) is 1. The lowest BCUT2D eigenvalue weighted by molar-refractivity contribution is -0.109. The second kappa shape index (κ2) is 5.75. The Balaban J connectivity index is 1.60. The van der Waals surface area contributed by atoms with Crippen molar-refractivity contribution >= 4 is 11.6 Å². The number of aromatic nitrogens is 2. The van der Waals surface area contributed by atoms with Crippen LogP contribution in [0.25, 0.3) is 11.4 Å². The van der Waals surface area contributed by atoms with Crippen molar-refractivity contribution in [3.8, 4) is 11.4 Å². The molecule has 1 saturated heterocycles. The van der Waals surface area contributed by atoms with Crippen molar-refractivity contribution in [1.82, 2.24) is 15.0 Å². The topological polar surface area (TPSA) is 62.4 Å². The van der Waals surface area contributed by atoms with Gasteiger partial charge in [-0.25, -0.2) is 0 Å². The van der Waals surface area contributed by atoms with Crippen LogP contribution in [-0.2, 0) is 6.54 Å². The van der Waals surface area contributed by atoms with Gasteiger partial charge in [-0.1, -0.05) is 30.1 Å². The lowest BCUT2D eigenvalue weighted by atomic mass is 9.89. The maximum absolute atomic E-state index is 10.1. The molecule has 1 N–H and O–H groups in total. The number of rotatable bonds is 5. The summed E-state index contributed by atoms with van der Waals surface area (Å²) in [5.41, 5.74) is 0.342. The lowest BCUT2D eigenvalue weighted by Gasteiger charge is -2.46. The van der Waals surface area contributed by atoms with E-state index in [4.69, 9.17) is 16.1 Å². The smallest absolute Gasteiger partial charge is 0.241 e. The average Bonchev–Trinajstić information content (AvgIpc) is 2.87. The van der Waals surface area contributed by atoms with Crippen LogP contribution >= 0.6 is 11.6 Å². The van der Waals surface area contributed by atoms with Crippen molar-refractivity contribution in [2.75, 3.05) is 13.1 Å². The van der Waals surface area contributed by atoms with Gasteiger partial charge in [-0.15, -0.1) is 0 Å². The minimum atomic E-state index is -0.534. The van der Waals surface area contributed by atoms with Crippen molar-refractivity contribution < 1.29 is 9.63 Å². The van der Waals surface area contributed by atoms with Crippen LogP contribution in [0.2, 0.25) is 5.02 Å². The van der Waals surface area contributed by atoms with Gasteiger partial charge in [-0.2, -0.15) is 4.98 Å². The minimum Gasteiger partial charge on any atom is -0.387 e. The molecule has 1 aromatic heterocycles. The van der Waals surface area contributed by atoms with E-state index < -0.39 is 5.60 Å². The zero-order valence-corrected chi connectivity index (χ0v) is 12.7. The number of β-amino-alcohol motifs (C(OH)–C–C–N with tert-alkyl or cyclic N) is 1. The maximum Gasteiger partial charge on any atom is 0.241 e. The van der Waals surface area contributed by atoms with Crippen LogP contribution in [0.3, 0.4) is 0 Å². The van der Waals surface area contributed by atoms with Gasteiger partial charge in [-0.3, -0.25) is 4.90 Å². The zero-order chi connectivity index (χ0) is 14.9. The fourth-order valence-electron chi connectivity index (χ4n) is 2.75. The molecule has 2 aromatic rings. The molecule has 0 aliphatic carbocycles. The molecule has 0 radical (unpaired) electrons. The van der Waals surface area contributed by atoms with Crippen molar-refractivity contribution in [2.24, 2.45) is 0 Å². The largest absolute Gasteiger partial charge is 0.387 e. The highest BCUT2D eigenvalue weighted by Crippen LogP contribution is 2.27. The second-order valence-corrected chi connectivity index (χ2v) is 6.07. The molecule has 1 aliphatic rings. The highest BCUT2D eigenvalue weighted by molar-refractivity contribution is 6.30. The summed E-state index contributed by atoms with van der Waals surface area (Å²) in [7, 11) is 0. The Hall–Kier alpha value is -1.43. The quantitative estimate of drug-likeness (QED) is 0.920. The van der Waals surface area contributed by atoms with E-state index >= 15 is 0 Å². The second-order valence-electron chi connectivity index (χ2n) is 5.64. The zero-order valence-electron chi connectivity index (χ0n) is 11.9.